The van der Waals surface area contributed by atoms with Crippen LogP contribution in [-0.2, 0) is 21.1 Å². The van der Waals surface area contributed by atoms with Crippen LogP contribution in [0.15, 0.2) is 24.3 Å². The first-order chi connectivity index (χ1) is 14.4. The van der Waals surface area contributed by atoms with Crippen molar-refractivity contribution in [2.24, 2.45) is 5.92 Å². The molecule has 0 aromatic heterocycles. The van der Waals surface area contributed by atoms with Gasteiger partial charge in [-0.05, 0) is 78.0 Å². The van der Waals surface area contributed by atoms with E-state index in [1.807, 2.05) is 55.7 Å². The molecule has 1 aromatic rings. The topological polar surface area (TPSA) is 74.8 Å². The Balaban J connectivity index is 1.98. The maximum atomic E-state index is 12.9. The van der Waals surface area contributed by atoms with Crippen molar-refractivity contribution in [3.8, 4) is 0 Å². The van der Waals surface area contributed by atoms with Crippen LogP contribution < -0.4 is 0 Å². The van der Waals surface area contributed by atoms with Crippen LogP contribution in [0, 0.1) is 5.92 Å². The third-order valence-corrected chi connectivity index (χ3v) is 8.40. The number of carbonyl (C=O) groups excluding carboxylic acids is 2. The van der Waals surface area contributed by atoms with Crippen molar-refractivity contribution in [2.45, 2.75) is 78.1 Å². The number of benzene rings is 1. The highest BCUT2D eigenvalue weighted by Gasteiger charge is 2.28. The molecule has 1 saturated heterocycles. The molecule has 31 heavy (non-hydrogen) atoms. The van der Waals surface area contributed by atoms with Crippen LogP contribution in [0.3, 0.4) is 0 Å². The zero-order chi connectivity index (χ0) is 23.3. The molecule has 0 unspecified atom stereocenters. The number of rotatable bonds is 8. The Hall–Kier alpha value is -1.89. The van der Waals surface area contributed by atoms with Gasteiger partial charge >= 0.3 is 0 Å². The van der Waals surface area contributed by atoms with E-state index in [4.69, 9.17) is 0 Å². The Labute approximate surface area is 187 Å². The van der Waals surface area contributed by atoms with Gasteiger partial charge in [0.25, 0.3) is 5.91 Å². The largest absolute Gasteiger partial charge is 0.342 e. The van der Waals surface area contributed by atoms with E-state index < -0.39 is 9.84 Å². The second-order valence-electron chi connectivity index (χ2n) is 9.48. The highest BCUT2D eigenvalue weighted by atomic mass is 32.2. The summed E-state index contributed by atoms with van der Waals surface area (Å²) in [6, 6.07) is 7.52. The van der Waals surface area contributed by atoms with E-state index in [9.17, 15) is 18.0 Å². The molecule has 0 spiro atoms. The second kappa shape index (κ2) is 10.6. The summed E-state index contributed by atoms with van der Waals surface area (Å²) >= 11 is 0. The lowest BCUT2D eigenvalue weighted by Crippen LogP contribution is -2.42. The van der Waals surface area contributed by atoms with Gasteiger partial charge in [0.1, 0.15) is 0 Å². The Kier molecular flexibility index (Phi) is 8.69. The van der Waals surface area contributed by atoms with Crippen LogP contribution >= 0.6 is 0 Å². The van der Waals surface area contributed by atoms with Crippen LogP contribution in [-0.4, -0.2) is 66.2 Å². The Morgan fingerprint density at radius 3 is 2.13 bits per heavy atom. The molecule has 1 aliphatic rings. The number of hydrogen-bond donors (Lipinski definition) is 0. The fourth-order valence-electron chi connectivity index (χ4n) is 4.19. The minimum atomic E-state index is -3.06. The molecule has 0 saturated carbocycles. The van der Waals surface area contributed by atoms with Gasteiger partial charge in [0.15, 0.2) is 9.84 Å². The van der Waals surface area contributed by atoms with Gasteiger partial charge in [-0.3, -0.25) is 9.59 Å². The second-order valence-corrected chi connectivity index (χ2v) is 12.1. The number of amides is 2. The molecule has 1 fully saturated rings. The van der Waals surface area contributed by atoms with Crippen molar-refractivity contribution in [1.82, 2.24) is 9.80 Å². The normalized spacial score (nSPS) is 15.7. The number of nitrogens with zero attached hydrogens (tertiary/aromatic N) is 2. The Morgan fingerprint density at radius 1 is 1.03 bits per heavy atom. The van der Waals surface area contributed by atoms with Gasteiger partial charge in [-0.1, -0.05) is 12.1 Å². The molecule has 1 heterocycles. The zero-order valence-electron chi connectivity index (χ0n) is 19.8. The van der Waals surface area contributed by atoms with Crippen LogP contribution in [0.4, 0.5) is 0 Å². The smallest absolute Gasteiger partial charge is 0.254 e. The molecule has 7 heteroatoms. The lowest BCUT2D eigenvalue weighted by molar-refractivity contribution is -0.131. The fourth-order valence-corrected chi connectivity index (χ4v) is 5.56. The van der Waals surface area contributed by atoms with E-state index in [2.05, 4.69) is 0 Å². The van der Waals surface area contributed by atoms with E-state index in [1.54, 1.807) is 19.9 Å². The zero-order valence-corrected chi connectivity index (χ0v) is 20.6. The van der Waals surface area contributed by atoms with Crippen LogP contribution in [0.25, 0.3) is 0 Å². The molecule has 0 radical (unpaired) electrons. The van der Waals surface area contributed by atoms with Crippen LogP contribution in [0.1, 0.15) is 70.3 Å². The third kappa shape index (κ3) is 6.79. The van der Waals surface area contributed by atoms with Crippen molar-refractivity contribution >= 4 is 21.7 Å². The number of hydrogen-bond acceptors (Lipinski definition) is 4. The first kappa shape index (κ1) is 25.4. The first-order valence-corrected chi connectivity index (χ1v) is 13.0. The molecule has 0 aliphatic carbocycles. The monoisotopic (exact) mass is 450 g/mol. The third-order valence-electron chi connectivity index (χ3n) is 6.03. The molecule has 0 N–H and O–H groups in total. The van der Waals surface area contributed by atoms with Gasteiger partial charge < -0.3 is 9.80 Å². The summed E-state index contributed by atoms with van der Waals surface area (Å²) in [6.07, 6.45) is 1.68. The van der Waals surface area contributed by atoms with Crippen molar-refractivity contribution in [3.05, 3.63) is 35.4 Å². The molecule has 0 bridgehead atoms. The van der Waals surface area contributed by atoms with Gasteiger partial charge in [-0.2, -0.15) is 0 Å². The number of likely N-dealkylation sites (tertiary alicyclic amines) is 1. The maximum absolute atomic E-state index is 12.9. The van der Waals surface area contributed by atoms with E-state index in [0.29, 0.717) is 31.5 Å². The number of carbonyl (C=O) groups is 2. The van der Waals surface area contributed by atoms with Crippen molar-refractivity contribution in [2.75, 3.05) is 18.8 Å². The first-order valence-electron chi connectivity index (χ1n) is 11.3. The Bertz CT molecular complexity index is 861. The highest BCUT2D eigenvalue weighted by Crippen LogP contribution is 2.22. The average Bonchev–Trinajstić information content (AvgIpc) is 2.67. The average molecular weight is 451 g/mol. The van der Waals surface area contributed by atoms with Gasteiger partial charge in [-0.25, -0.2) is 8.42 Å². The Morgan fingerprint density at radius 2 is 1.61 bits per heavy atom. The summed E-state index contributed by atoms with van der Waals surface area (Å²) < 4.78 is 24.3. The van der Waals surface area contributed by atoms with E-state index in [-0.39, 0.29) is 47.2 Å². The summed E-state index contributed by atoms with van der Waals surface area (Å²) in [5, 5.41) is -0.357. The molecular formula is C24H38N2O4S. The molecule has 6 nitrogen and oxygen atoms in total. The fraction of sp³-hybridized carbons (Fsp3) is 0.667. The number of piperidine rings is 1. The van der Waals surface area contributed by atoms with E-state index in [1.165, 1.54) is 0 Å². The van der Waals surface area contributed by atoms with Crippen molar-refractivity contribution < 1.29 is 18.0 Å². The minimum absolute atomic E-state index is 0.0218. The summed E-state index contributed by atoms with van der Waals surface area (Å²) in [4.78, 5) is 29.4. The van der Waals surface area contributed by atoms with E-state index in [0.717, 1.165) is 5.56 Å². The number of sulfone groups is 1. The lowest BCUT2D eigenvalue weighted by Gasteiger charge is -2.32. The SMILES string of the molecule is CC(C)N(C(=O)c1cccc(CC(=O)N2CCC(CS(=O)(=O)C(C)C)CC2)c1)C(C)C. The molecule has 2 rings (SSSR count). The van der Waals surface area contributed by atoms with Crippen molar-refractivity contribution in [3.63, 3.8) is 0 Å². The van der Waals surface area contributed by atoms with Crippen molar-refractivity contribution in [1.29, 1.82) is 0 Å². The van der Waals surface area contributed by atoms with E-state index >= 15 is 0 Å². The molecule has 0 atom stereocenters. The minimum Gasteiger partial charge on any atom is -0.342 e. The van der Waals surface area contributed by atoms with Gasteiger partial charge in [0, 0.05) is 30.7 Å². The maximum Gasteiger partial charge on any atom is 0.254 e. The molecule has 2 amide bonds. The summed E-state index contributed by atoms with van der Waals surface area (Å²) in [7, 11) is -3.06. The summed E-state index contributed by atoms with van der Waals surface area (Å²) in [5.74, 6) is 0.334. The quantitative estimate of drug-likeness (QED) is 0.607. The van der Waals surface area contributed by atoms with Gasteiger partial charge in [0.05, 0.1) is 17.4 Å². The molecular weight excluding hydrogens is 412 g/mol. The van der Waals surface area contributed by atoms with Crippen LogP contribution in [0.2, 0.25) is 0 Å². The van der Waals surface area contributed by atoms with Gasteiger partial charge in [-0.15, -0.1) is 0 Å². The lowest BCUT2D eigenvalue weighted by atomic mass is 9.98. The predicted molar refractivity (Wildman–Crippen MR) is 125 cm³/mol. The predicted octanol–water partition coefficient (Wildman–Crippen LogP) is 3.55. The molecule has 1 aliphatic heterocycles. The molecule has 1 aromatic carbocycles. The molecule has 174 valence electrons. The van der Waals surface area contributed by atoms with Crippen LogP contribution in [0.5, 0.6) is 0 Å². The summed E-state index contributed by atoms with van der Waals surface area (Å²) in [6.45, 7) is 12.6. The van der Waals surface area contributed by atoms with Gasteiger partial charge in [0.2, 0.25) is 5.91 Å². The standard InChI is InChI=1S/C24H38N2O4S/c1-17(2)26(18(3)4)24(28)22-9-7-8-21(14-22)15-23(27)25-12-10-20(11-13-25)16-31(29,30)19(5)6/h7-9,14,17-20H,10-13,15-16H2,1-6H3. The summed E-state index contributed by atoms with van der Waals surface area (Å²) in [5.41, 5.74) is 1.43. The highest BCUT2D eigenvalue weighted by molar-refractivity contribution is 7.91.